The molecule has 2 rings (SSSR count). The van der Waals surface area contributed by atoms with Gasteiger partial charge in [-0.15, -0.1) is 0 Å². The van der Waals surface area contributed by atoms with Crippen molar-refractivity contribution in [2.45, 2.75) is 16.6 Å². The Hall–Kier alpha value is -1.02. The van der Waals surface area contributed by atoms with Crippen molar-refractivity contribution in [2.75, 3.05) is 12.5 Å². The second-order valence-electron chi connectivity index (χ2n) is 3.46. The summed E-state index contributed by atoms with van der Waals surface area (Å²) in [5, 5.41) is -0.577. The molecular weight excluding hydrogens is 240 g/mol. The largest absolute Gasteiger partial charge is 0.248 e. The van der Waals surface area contributed by atoms with E-state index in [4.69, 9.17) is 0 Å². The molecule has 0 fully saturated rings. The predicted molar refractivity (Wildman–Crippen MR) is 51.1 cm³/mol. The van der Waals surface area contributed by atoms with Gasteiger partial charge in [0.15, 0.2) is 14.9 Å². The molecule has 1 aliphatic rings. The van der Waals surface area contributed by atoms with Gasteiger partial charge >= 0.3 is 0 Å². The van der Waals surface area contributed by atoms with Crippen LogP contribution in [0.2, 0.25) is 0 Å². The fourth-order valence-corrected chi connectivity index (χ4v) is 2.68. The van der Waals surface area contributed by atoms with E-state index >= 15 is 0 Å². The van der Waals surface area contributed by atoms with E-state index in [1.54, 1.807) is 0 Å². The van der Waals surface area contributed by atoms with Crippen LogP contribution in [-0.2, 0) is 26.1 Å². The van der Waals surface area contributed by atoms with Crippen molar-refractivity contribution in [3.05, 3.63) is 11.3 Å². The standard InChI is InChI=1S/C7H8N2O4S2/c1-14(10,11)6-4-3-5(4)8-7(9-6)15(2,12)13/h3H2,1-2H3. The van der Waals surface area contributed by atoms with Gasteiger partial charge in [-0.25, -0.2) is 26.8 Å². The van der Waals surface area contributed by atoms with E-state index in [9.17, 15) is 16.8 Å². The molecule has 15 heavy (non-hydrogen) atoms. The third kappa shape index (κ3) is 1.86. The number of aromatic nitrogens is 2. The normalized spacial score (nSPS) is 14.8. The smallest absolute Gasteiger partial charge is 0.223 e. The first kappa shape index (κ1) is 10.5. The van der Waals surface area contributed by atoms with Gasteiger partial charge in [0, 0.05) is 24.5 Å². The summed E-state index contributed by atoms with van der Waals surface area (Å²) in [7, 11) is -7.04. The predicted octanol–water partition coefficient (Wildman–Crippen LogP) is -0.812. The summed E-state index contributed by atoms with van der Waals surface area (Å²) < 4.78 is 44.9. The quantitative estimate of drug-likeness (QED) is 0.509. The summed E-state index contributed by atoms with van der Waals surface area (Å²) in [4.78, 5) is 7.33. The zero-order valence-electron chi connectivity index (χ0n) is 8.05. The number of hydrogen-bond acceptors (Lipinski definition) is 6. The Morgan fingerprint density at radius 3 is 2.07 bits per heavy atom. The summed E-state index contributed by atoms with van der Waals surface area (Å²) in [6.07, 6.45) is 2.36. The lowest BCUT2D eigenvalue weighted by atomic mass is 10.6. The maximum atomic E-state index is 11.3. The number of fused-ring (bicyclic) bond motifs is 1. The average Bonchev–Trinajstić information content (AvgIpc) is 2.75. The van der Waals surface area contributed by atoms with Crippen LogP contribution in [0.3, 0.4) is 0 Å². The molecule has 0 saturated carbocycles. The fourth-order valence-electron chi connectivity index (χ4n) is 1.20. The molecule has 1 heterocycles. The van der Waals surface area contributed by atoms with E-state index in [0.29, 0.717) is 17.7 Å². The van der Waals surface area contributed by atoms with E-state index in [0.717, 1.165) is 12.5 Å². The monoisotopic (exact) mass is 248 g/mol. The molecule has 0 atom stereocenters. The fraction of sp³-hybridized carbons (Fsp3) is 0.429. The number of rotatable bonds is 2. The molecule has 6 nitrogen and oxygen atoms in total. The Kier molecular flexibility index (Phi) is 1.93. The minimum atomic E-state index is -3.56. The van der Waals surface area contributed by atoms with Crippen LogP contribution in [0.5, 0.6) is 0 Å². The van der Waals surface area contributed by atoms with Crippen molar-refractivity contribution in [3.8, 4) is 0 Å². The van der Waals surface area contributed by atoms with Crippen LogP contribution in [0.25, 0.3) is 0 Å². The van der Waals surface area contributed by atoms with E-state index in [1.165, 1.54) is 0 Å². The Labute approximate surface area is 87.2 Å². The molecule has 1 aromatic rings. The molecule has 0 N–H and O–H groups in total. The van der Waals surface area contributed by atoms with Crippen molar-refractivity contribution in [3.63, 3.8) is 0 Å². The van der Waals surface area contributed by atoms with Crippen molar-refractivity contribution in [1.29, 1.82) is 0 Å². The molecule has 0 unspecified atom stereocenters. The van der Waals surface area contributed by atoms with Crippen molar-refractivity contribution >= 4 is 19.7 Å². The van der Waals surface area contributed by atoms with Gasteiger partial charge in [0.25, 0.3) is 0 Å². The van der Waals surface area contributed by atoms with Gasteiger partial charge in [0.1, 0.15) is 0 Å². The van der Waals surface area contributed by atoms with Gasteiger partial charge in [-0.05, 0) is 0 Å². The van der Waals surface area contributed by atoms with E-state index < -0.39 is 24.8 Å². The molecule has 0 amide bonds. The number of nitrogens with zero attached hydrogens (tertiary/aromatic N) is 2. The first-order valence-corrected chi connectivity index (χ1v) is 7.78. The van der Waals surface area contributed by atoms with Crippen molar-refractivity contribution in [2.24, 2.45) is 0 Å². The van der Waals surface area contributed by atoms with Gasteiger partial charge in [0.05, 0.1) is 5.69 Å². The van der Waals surface area contributed by atoms with E-state index in [1.807, 2.05) is 0 Å². The molecule has 1 aliphatic carbocycles. The Bertz CT molecular complexity index is 646. The average molecular weight is 248 g/mol. The summed E-state index contributed by atoms with van der Waals surface area (Å²) in [6.45, 7) is 0. The molecule has 0 spiro atoms. The minimum absolute atomic E-state index is 0.159. The first-order chi connectivity index (χ1) is 6.69. The van der Waals surface area contributed by atoms with Gasteiger partial charge in [-0.1, -0.05) is 0 Å². The summed E-state index contributed by atoms with van der Waals surface area (Å²) in [5.41, 5.74) is 1.04. The zero-order valence-corrected chi connectivity index (χ0v) is 9.68. The summed E-state index contributed by atoms with van der Waals surface area (Å²) in [6, 6.07) is 0. The summed E-state index contributed by atoms with van der Waals surface area (Å²) in [5.74, 6) is 0. The number of hydrogen-bond donors (Lipinski definition) is 0. The highest BCUT2D eigenvalue weighted by atomic mass is 32.2. The highest BCUT2D eigenvalue weighted by Gasteiger charge is 2.32. The topological polar surface area (TPSA) is 94.1 Å². The lowest BCUT2D eigenvalue weighted by Crippen LogP contribution is -2.08. The molecule has 8 heteroatoms. The van der Waals surface area contributed by atoms with Crippen molar-refractivity contribution < 1.29 is 16.8 Å². The lowest BCUT2D eigenvalue weighted by molar-refractivity contribution is 0.585. The molecule has 1 aromatic heterocycles. The molecular formula is C7H8N2O4S2. The molecule has 82 valence electrons. The minimum Gasteiger partial charge on any atom is -0.223 e. The maximum Gasteiger partial charge on any atom is 0.248 e. The molecule has 0 aliphatic heterocycles. The van der Waals surface area contributed by atoms with Crippen LogP contribution >= 0.6 is 0 Å². The highest BCUT2D eigenvalue weighted by molar-refractivity contribution is 7.91. The molecule has 0 radical (unpaired) electrons. The van der Waals surface area contributed by atoms with Crippen molar-refractivity contribution in [1.82, 2.24) is 9.97 Å². The first-order valence-electron chi connectivity index (χ1n) is 3.99. The maximum absolute atomic E-state index is 11.3. The third-order valence-electron chi connectivity index (χ3n) is 1.94. The SMILES string of the molecule is CS(=O)(=O)c1nc2c(c(S(C)(=O)=O)n1)C2. The van der Waals surface area contributed by atoms with Crippen LogP contribution in [0, 0.1) is 0 Å². The van der Waals surface area contributed by atoms with E-state index in [-0.39, 0.29) is 5.03 Å². The zero-order chi connectivity index (χ0) is 11.4. The molecule has 0 saturated heterocycles. The Morgan fingerprint density at radius 2 is 1.60 bits per heavy atom. The second-order valence-corrected chi connectivity index (χ2v) is 7.30. The summed E-state index contributed by atoms with van der Waals surface area (Å²) >= 11 is 0. The van der Waals surface area contributed by atoms with Crippen LogP contribution in [0.15, 0.2) is 10.2 Å². The van der Waals surface area contributed by atoms with Crippen LogP contribution < -0.4 is 0 Å². The van der Waals surface area contributed by atoms with Gasteiger partial charge in [-0.3, -0.25) is 0 Å². The van der Waals surface area contributed by atoms with Gasteiger partial charge in [0.2, 0.25) is 15.0 Å². The lowest BCUT2D eigenvalue weighted by Gasteiger charge is -1.98. The van der Waals surface area contributed by atoms with Crippen LogP contribution in [0.4, 0.5) is 0 Å². The van der Waals surface area contributed by atoms with Gasteiger partial charge in [-0.2, -0.15) is 0 Å². The van der Waals surface area contributed by atoms with Gasteiger partial charge < -0.3 is 0 Å². The Balaban J connectivity index is 2.73. The van der Waals surface area contributed by atoms with Crippen LogP contribution in [-0.4, -0.2) is 39.3 Å². The number of sulfone groups is 2. The third-order valence-corrected chi connectivity index (χ3v) is 3.82. The highest BCUT2D eigenvalue weighted by Crippen LogP contribution is 2.31. The van der Waals surface area contributed by atoms with E-state index in [2.05, 4.69) is 9.97 Å². The second kappa shape index (κ2) is 2.76. The molecule has 0 bridgehead atoms. The van der Waals surface area contributed by atoms with Crippen LogP contribution in [0.1, 0.15) is 11.3 Å². The molecule has 0 aromatic carbocycles. The Morgan fingerprint density at radius 1 is 1.00 bits per heavy atom.